The van der Waals surface area contributed by atoms with Gasteiger partial charge in [0, 0.05) is 17.6 Å². The van der Waals surface area contributed by atoms with E-state index < -0.39 is 9.84 Å². The monoisotopic (exact) mass is 368 g/mol. The summed E-state index contributed by atoms with van der Waals surface area (Å²) in [6, 6.07) is 16.0. The molecule has 4 rings (SSSR count). The predicted molar refractivity (Wildman–Crippen MR) is 100 cm³/mol. The Kier molecular flexibility index (Phi) is 4.61. The molecule has 1 atom stereocenters. The van der Waals surface area contributed by atoms with Crippen molar-refractivity contribution >= 4 is 20.7 Å². The third-order valence-corrected chi connectivity index (χ3v) is 6.35. The quantitative estimate of drug-likeness (QED) is 0.749. The van der Waals surface area contributed by atoms with Crippen LogP contribution in [0.5, 0.6) is 5.75 Å². The van der Waals surface area contributed by atoms with Crippen molar-refractivity contribution in [3.05, 3.63) is 60.8 Å². The Morgan fingerprint density at radius 2 is 1.92 bits per heavy atom. The van der Waals surface area contributed by atoms with Gasteiger partial charge in [0.05, 0.1) is 9.79 Å². The zero-order chi connectivity index (χ0) is 18.0. The van der Waals surface area contributed by atoms with Gasteiger partial charge >= 0.3 is 0 Å². The van der Waals surface area contributed by atoms with Gasteiger partial charge in [-0.2, -0.15) is 0 Å². The van der Waals surface area contributed by atoms with Crippen LogP contribution in [0.25, 0.3) is 10.9 Å². The van der Waals surface area contributed by atoms with Gasteiger partial charge in [0.1, 0.15) is 17.9 Å². The molecular formula is C20H20N2O3S. The topological polar surface area (TPSA) is 68.3 Å². The van der Waals surface area contributed by atoms with Crippen molar-refractivity contribution in [3.8, 4) is 5.75 Å². The summed E-state index contributed by atoms with van der Waals surface area (Å²) in [5.74, 6) is 0.680. The van der Waals surface area contributed by atoms with E-state index in [0.29, 0.717) is 23.9 Å². The van der Waals surface area contributed by atoms with Crippen LogP contribution in [0.15, 0.2) is 70.6 Å². The van der Waals surface area contributed by atoms with Gasteiger partial charge in [0.2, 0.25) is 9.84 Å². The standard InChI is InChI=1S/C20H20N2O3S/c23-26(24,17-8-2-1-3-9-17)18-12-15-6-4-10-19(20(15)22-13-18)25-14-16-7-5-11-21-16/h1-4,6,8-10,12-13,16,21H,5,7,11,14H2/t16-/m0/s1. The number of sulfone groups is 1. The number of nitrogens with zero attached hydrogens (tertiary/aromatic N) is 1. The molecule has 1 N–H and O–H groups in total. The maximum absolute atomic E-state index is 12.8. The molecule has 0 aliphatic carbocycles. The van der Waals surface area contributed by atoms with Crippen molar-refractivity contribution in [1.82, 2.24) is 10.3 Å². The lowest BCUT2D eigenvalue weighted by Crippen LogP contribution is -2.28. The van der Waals surface area contributed by atoms with E-state index in [4.69, 9.17) is 4.74 Å². The fourth-order valence-corrected chi connectivity index (χ4v) is 4.46. The smallest absolute Gasteiger partial charge is 0.208 e. The van der Waals surface area contributed by atoms with Crippen LogP contribution >= 0.6 is 0 Å². The van der Waals surface area contributed by atoms with Gasteiger partial charge in [-0.15, -0.1) is 0 Å². The molecule has 1 fully saturated rings. The summed E-state index contributed by atoms with van der Waals surface area (Å²) in [5.41, 5.74) is 0.678. The third-order valence-electron chi connectivity index (χ3n) is 4.62. The van der Waals surface area contributed by atoms with E-state index in [1.807, 2.05) is 18.2 Å². The van der Waals surface area contributed by atoms with Crippen LogP contribution in [0, 0.1) is 0 Å². The van der Waals surface area contributed by atoms with E-state index in [2.05, 4.69) is 10.3 Å². The summed E-state index contributed by atoms with van der Waals surface area (Å²) in [6.07, 6.45) is 3.69. The SMILES string of the molecule is O=S(=O)(c1ccccc1)c1cnc2c(OC[C@@H]3CCCN3)cccc2c1. The van der Waals surface area contributed by atoms with E-state index in [-0.39, 0.29) is 9.79 Å². The number of rotatable bonds is 5. The second-order valence-corrected chi connectivity index (χ2v) is 8.37. The predicted octanol–water partition coefficient (Wildman–Crippen LogP) is 3.20. The zero-order valence-electron chi connectivity index (χ0n) is 14.3. The van der Waals surface area contributed by atoms with Crippen LogP contribution in [0.2, 0.25) is 0 Å². The largest absolute Gasteiger partial charge is 0.490 e. The van der Waals surface area contributed by atoms with Crippen molar-refractivity contribution in [2.45, 2.75) is 28.7 Å². The summed E-state index contributed by atoms with van der Waals surface area (Å²) < 4.78 is 31.5. The van der Waals surface area contributed by atoms with Crippen LogP contribution in [-0.2, 0) is 9.84 Å². The highest BCUT2D eigenvalue weighted by molar-refractivity contribution is 7.91. The molecule has 1 aliphatic heterocycles. The van der Waals surface area contributed by atoms with Crippen molar-refractivity contribution in [2.75, 3.05) is 13.2 Å². The average molecular weight is 368 g/mol. The number of ether oxygens (including phenoxy) is 1. The second-order valence-electron chi connectivity index (χ2n) is 6.42. The van der Waals surface area contributed by atoms with Gasteiger partial charge < -0.3 is 10.1 Å². The van der Waals surface area contributed by atoms with E-state index in [0.717, 1.165) is 18.4 Å². The van der Waals surface area contributed by atoms with E-state index >= 15 is 0 Å². The Bertz CT molecular complexity index is 1010. The first kappa shape index (κ1) is 17.0. The zero-order valence-corrected chi connectivity index (χ0v) is 15.1. The van der Waals surface area contributed by atoms with Crippen molar-refractivity contribution in [1.29, 1.82) is 0 Å². The van der Waals surface area contributed by atoms with Gasteiger partial charge in [-0.05, 0) is 43.7 Å². The molecule has 134 valence electrons. The normalized spacial score (nSPS) is 17.5. The van der Waals surface area contributed by atoms with Crippen LogP contribution in [0.3, 0.4) is 0 Å². The number of benzene rings is 2. The summed E-state index contributed by atoms with van der Waals surface area (Å²) in [7, 11) is -3.58. The molecule has 3 aromatic rings. The van der Waals surface area contributed by atoms with Crippen LogP contribution < -0.4 is 10.1 Å². The van der Waals surface area contributed by atoms with Gasteiger partial charge in [-0.25, -0.2) is 8.42 Å². The number of hydrogen-bond acceptors (Lipinski definition) is 5. The Morgan fingerprint density at radius 3 is 2.69 bits per heavy atom. The van der Waals surface area contributed by atoms with Crippen molar-refractivity contribution in [2.24, 2.45) is 0 Å². The molecule has 0 spiro atoms. The minimum atomic E-state index is -3.58. The van der Waals surface area contributed by atoms with Crippen molar-refractivity contribution in [3.63, 3.8) is 0 Å². The molecule has 1 aromatic heterocycles. The third kappa shape index (κ3) is 3.30. The molecule has 26 heavy (non-hydrogen) atoms. The van der Waals surface area contributed by atoms with E-state index in [1.165, 1.54) is 12.6 Å². The average Bonchev–Trinajstić information content (AvgIpc) is 3.20. The maximum Gasteiger partial charge on any atom is 0.208 e. The van der Waals surface area contributed by atoms with Gasteiger partial charge in [0.15, 0.2) is 0 Å². The summed E-state index contributed by atoms with van der Waals surface area (Å²) in [5, 5.41) is 4.15. The molecule has 0 saturated carbocycles. The minimum Gasteiger partial charge on any atom is -0.490 e. The lowest BCUT2D eigenvalue weighted by Gasteiger charge is -2.13. The lowest BCUT2D eigenvalue weighted by atomic mass is 10.2. The summed E-state index contributed by atoms with van der Waals surface area (Å²) >= 11 is 0. The van der Waals surface area contributed by atoms with Crippen LogP contribution in [-0.4, -0.2) is 32.6 Å². The molecule has 2 heterocycles. The lowest BCUT2D eigenvalue weighted by molar-refractivity contribution is 0.280. The molecule has 6 heteroatoms. The number of para-hydroxylation sites is 1. The van der Waals surface area contributed by atoms with Gasteiger partial charge in [-0.1, -0.05) is 30.3 Å². The fraction of sp³-hybridized carbons (Fsp3) is 0.250. The first-order valence-electron chi connectivity index (χ1n) is 8.70. The fourth-order valence-electron chi connectivity index (χ4n) is 3.20. The summed E-state index contributed by atoms with van der Waals surface area (Å²) in [4.78, 5) is 4.84. The molecule has 0 unspecified atom stereocenters. The first-order valence-corrected chi connectivity index (χ1v) is 10.2. The number of aromatic nitrogens is 1. The Hall–Kier alpha value is -2.44. The number of pyridine rings is 1. The Balaban J connectivity index is 1.66. The molecular weight excluding hydrogens is 348 g/mol. The highest BCUT2D eigenvalue weighted by Crippen LogP contribution is 2.28. The number of hydrogen-bond donors (Lipinski definition) is 1. The Labute approximate surface area is 152 Å². The maximum atomic E-state index is 12.8. The second kappa shape index (κ2) is 7.05. The number of nitrogens with one attached hydrogen (secondary N) is 1. The van der Waals surface area contributed by atoms with Crippen molar-refractivity contribution < 1.29 is 13.2 Å². The molecule has 2 aromatic carbocycles. The Morgan fingerprint density at radius 1 is 1.08 bits per heavy atom. The highest BCUT2D eigenvalue weighted by Gasteiger charge is 2.19. The van der Waals surface area contributed by atoms with Gasteiger partial charge in [0.25, 0.3) is 0 Å². The minimum absolute atomic E-state index is 0.186. The van der Waals surface area contributed by atoms with Crippen LogP contribution in [0.1, 0.15) is 12.8 Å². The number of fused-ring (bicyclic) bond motifs is 1. The van der Waals surface area contributed by atoms with Gasteiger partial charge in [-0.3, -0.25) is 4.98 Å². The van der Waals surface area contributed by atoms with Crippen LogP contribution in [0.4, 0.5) is 0 Å². The molecule has 0 amide bonds. The summed E-state index contributed by atoms with van der Waals surface area (Å²) in [6.45, 7) is 1.62. The highest BCUT2D eigenvalue weighted by atomic mass is 32.2. The molecule has 0 radical (unpaired) electrons. The van der Waals surface area contributed by atoms with E-state index in [1.54, 1.807) is 36.4 Å². The molecule has 5 nitrogen and oxygen atoms in total. The first-order chi connectivity index (χ1) is 12.6. The molecule has 0 bridgehead atoms. The molecule has 1 saturated heterocycles. The van der Waals surface area contributed by atoms with E-state index in [9.17, 15) is 8.42 Å². The molecule has 1 aliphatic rings.